The number of carbonyl (C=O) groups is 2. The van der Waals surface area contributed by atoms with Gasteiger partial charge in [0.25, 0.3) is 17.5 Å². The van der Waals surface area contributed by atoms with E-state index in [0.717, 1.165) is 0 Å². The molecule has 0 bridgehead atoms. The van der Waals surface area contributed by atoms with Crippen LogP contribution in [-0.4, -0.2) is 33.5 Å². The number of esters is 1. The Morgan fingerprint density at radius 1 is 1.27 bits per heavy atom. The molecule has 0 aliphatic carbocycles. The zero-order valence-corrected chi connectivity index (χ0v) is 16.8. The molecular formula is C19H18N4O6S. The molecule has 0 aliphatic rings. The molecule has 1 aromatic carbocycles. The summed E-state index contributed by atoms with van der Waals surface area (Å²) in [4.78, 5) is 34.0. The van der Waals surface area contributed by atoms with E-state index in [2.05, 4.69) is 15.5 Å². The summed E-state index contributed by atoms with van der Waals surface area (Å²) in [5.41, 5.74) is 1.06. The van der Waals surface area contributed by atoms with E-state index < -0.39 is 17.0 Å². The van der Waals surface area contributed by atoms with Crippen LogP contribution in [-0.2, 0) is 9.53 Å². The maximum Gasteiger partial charge on any atom is 0.306 e. The van der Waals surface area contributed by atoms with Crippen LogP contribution < -0.4 is 5.32 Å². The molecule has 0 fully saturated rings. The molecule has 156 valence electrons. The van der Waals surface area contributed by atoms with E-state index >= 15 is 0 Å². The van der Waals surface area contributed by atoms with Crippen molar-refractivity contribution in [3.8, 4) is 11.5 Å². The molecule has 1 amide bonds. The van der Waals surface area contributed by atoms with Crippen LogP contribution in [0.5, 0.6) is 0 Å². The van der Waals surface area contributed by atoms with Crippen molar-refractivity contribution in [2.45, 2.75) is 25.9 Å². The van der Waals surface area contributed by atoms with Gasteiger partial charge in [0.2, 0.25) is 5.89 Å². The van der Waals surface area contributed by atoms with Gasteiger partial charge in [0.1, 0.15) is 0 Å². The average Bonchev–Trinajstić information content (AvgIpc) is 3.43. The molecule has 3 aromatic rings. The number of nitro groups is 1. The smallest absolute Gasteiger partial charge is 0.306 e. The van der Waals surface area contributed by atoms with E-state index in [9.17, 15) is 19.7 Å². The molecular weight excluding hydrogens is 412 g/mol. The van der Waals surface area contributed by atoms with Crippen LogP contribution in [0.3, 0.4) is 0 Å². The molecule has 0 saturated heterocycles. The fourth-order valence-corrected chi connectivity index (χ4v) is 3.11. The molecule has 0 saturated carbocycles. The normalized spacial score (nSPS) is 11.6. The van der Waals surface area contributed by atoms with Crippen LogP contribution in [0.2, 0.25) is 0 Å². The Balaban J connectivity index is 1.45. The molecule has 10 nitrogen and oxygen atoms in total. The summed E-state index contributed by atoms with van der Waals surface area (Å²) in [5, 5.41) is 24.8. The Morgan fingerprint density at radius 2 is 2.03 bits per heavy atom. The Kier molecular flexibility index (Phi) is 6.86. The first-order valence-electron chi connectivity index (χ1n) is 9.02. The topological polar surface area (TPSA) is 137 Å². The lowest BCUT2D eigenvalue weighted by Crippen LogP contribution is -2.24. The van der Waals surface area contributed by atoms with E-state index in [1.807, 2.05) is 5.38 Å². The SMILES string of the molecule is CC(OC(=O)CCCNC(=O)c1ccsc1)c1nnc(-c2ccc([N+](=O)[O-])cc2)o1. The van der Waals surface area contributed by atoms with Gasteiger partial charge in [-0.2, -0.15) is 11.3 Å². The first kappa shape index (κ1) is 21.1. The minimum atomic E-state index is -0.753. The molecule has 1 N–H and O–H groups in total. The number of hydrogen-bond acceptors (Lipinski definition) is 9. The van der Waals surface area contributed by atoms with E-state index in [1.165, 1.54) is 35.6 Å². The van der Waals surface area contributed by atoms with Gasteiger partial charge in [-0.05, 0) is 36.9 Å². The van der Waals surface area contributed by atoms with Crippen molar-refractivity contribution < 1.29 is 23.7 Å². The molecule has 2 aromatic heterocycles. The van der Waals surface area contributed by atoms with Crippen molar-refractivity contribution in [3.63, 3.8) is 0 Å². The van der Waals surface area contributed by atoms with Gasteiger partial charge in [-0.3, -0.25) is 19.7 Å². The van der Waals surface area contributed by atoms with Crippen molar-refractivity contribution in [3.05, 3.63) is 62.7 Å². The molecule has 11 heteroatoms. The zero-order chi connectivity index (χ0) is 21.5. The second-order valence-electron chi connectivity index (χ2n) is 6.25. The van der Waals surface area contributed by atoms with Crippen LogP contribution in [0.1, 0.15) is 42.1 Å². The Morgan fingerprint density at radius 3 is 2.70 bits per heavy atom. The van der Waals surface area contributed by atoms with Gasteiger partial charge >= 0.3 is 5.97 Å². The third kappa shape index (κ3) is 5.47. The van der Waals surface area contributed by atoms with Gasteiger partial charge in [-0.25, -0.2) is 0 Å². The molecule has 1 unspecified atom stereocenters. The number of nitro benzene ring substituents is 1. The second-order valence-corrected chi connectivity index (χ2v) is 7.03. The van der Waals surface area contributed by atoms with E-state index in [1.54, 1.807) is 18.4 Å². The summed E-state index contributed by atoms with van der Waals surface area (Å²) >= 11 is 1.44. The molecule has 2 heterocycles. The number of aromatic nitrogens is 2. The molecule has 0 aliphatic heterocycles. The van der Waals surface area contributed by atoms with Gasteiger partial charge in [-0.1, -0.05) is 0 Å². The maximum atomic E-state index is 12.0. The number of non-ortho nitro benzene ring substituents is 1. The second kappa shape index (κ2) is 9.74. The first-order chi connectivity index (χ1) is 14.4. The molecule has 0 radical (unpaired) electrons. The molecule has 1 atom stereocenters. The number of benzene rings is 1. The highest BCUT2D eigenvalue weighted by molar-refractivity contribution is 7.08. The monoisotopic (exact) mass is 430 g/mol. The van der Waals surface area contributed by atoms with Crippen molar-refractivity contribution in [2.75, 3.05) is 6.54 Å². The molecule has 0 spiro atoms. The van der Waals surface area contributed by atoms with Crippen LogP contribution in [0.4, 0.5) is 5.69 Å². The number of hydrogen-bond donors (Lipinski definition) is 1. The number of carbonyl (C=O) groups excluding carboxylic acids is 2. The van der Waals surface area contributed by atoms with Gasteiger partial charge in [0, 0.05) is 41.6 Å². The average molecular weight is 430 g/mol. The predicted octanol–water partition coefficient (Wildman–Crippen LogP) is 3.52. The number of rotatable bonds is 9. The van der Waals surface area contributed by atoms with Crippen LogP contribution >= 0.6 is 11.3 Å². The van der Waals surface area contributed by atoms with Gasteiger partial charge in [0.05, 0.1) is 4.92 Å². The zero-order valence-electron chi connectivity index (χ0n) is 15.9. The largest absolute Gasteiger partial charge is 0.453 e. The summed E-state index contributed by atoms with van der Waals surface area (Å²) in [7, 11) is 0. The summed E-state index contributed by atoms with van der Waals surface area (Å²) in [6.45, 7) is 1.95. The number of ether oxygens (including phenoxy) is 1. The standard InChI is InChI=1S/C19H18N4O6S/c1-12(28-16(24)3-2-9-20-17(25)14-8-10-30-11-14)18-21-22-19(29-18)13-4-6-15(7-5-13)23(26)27/h4-8,10-12H,2-3,9H2,1H3,(H,20,25). The fourth-order valence-electron chi connectivity index (χ4n) is 2.48. The van der Waals surface area contributed by atoms with E-state index in [0.29, 0.717) is 24.1 Å². The fraction of sp³-hybridized carbons (Fsp3) is 0.263. The van der Waals surface area contributed by atoms with Crippen LogP contribution in [0.25, 0.3) is 11.5 Å². The van der Waals surface area contributed by atoms with Crippen molar-refractivity contribution in [1.29, 1.82) is 0 Å². The third-order valence-electron chi connectivity index (χ3n) is 4.05. The predicted molar refractivity (Wildman–Crippen MR) is 107 cm³/mol. The highest BCUT2D eigenvalue weighted by Crippen LogP contribution is 2.24. The highest BCUT2D eigenvalue weighted by Gasteiger charge is 2.19. The highest BCUT2D eigenvalue weighted by atomic mass is 32.1. The van der Waals surface area contributed by atoms with Gasteiger partial charge in [0.15, 0.2) is 6.10 Å². The summed E-state index contributed by atoms with van der Waals surface area (Å²) < 4.78 is 10.8. The maximum absolute atomic E-state index is 12.0. The summed E-state index contributed by atoms with van der Waals surface area (Å²) in [6.07, 6.45) is -0.200. The number of amides is 1. The summed E-state index contributed by atoms with van der Waals surface area (Å²) in [5.74, 6) is -0.355. The Labute approximate surface area is 175 Å². The van der Waals surface area contributed by atoms with Crippen molar-refractivity contribution >= 4 is 28.9 Å². The van der Waals surface area contributed by atoms with E-state index in [4.69, 9.17) is 9.15 Å². The van der Waals surface area contributed by atoms with Crippen molar-refractivity contribution in [2.24, 2.45) is 0 Å². The Hall–Kier alpha value is -3.60. The number of thiophene rings is 1. The third-order valence-corrected chi connectivity index (χ3v) is 4.73. The lowest BCUT2D eigenvalue weighted by molar-refractivity contribution is -0.384. The summed E-state index contributed by atoms with van der Waals surface area (Å²) in [6, 6.07) is 7.39. The minimum Gasteiger partial charge on any atom is -0.453 e. The van der Waals surface area contributed by atoms with Crippen molar-refractivity contribution in [1.82, 2.24) is 15.5 Å². The number of nitrogens with zero attached hydrogens (tertiary/aromatic N) is 3. The quantitative estimate of drug-likeness (QED) is 0.235. The van der Waals surface area contributed by atoms with E-state index in [-0.39, 0.29) is 29.8 Å². The molecule has 30 heavy (non-hydrogen) atoms. The molecule has 3 rings (SSSR count). The number of nitrogens with one attached hydrogen (secondary N) is 1. The van der Waals surface area contributed by atoms with Gasteiger partial charge in [-0.15, -0.1) is 10.2 Å². The van der Waals surface area contributed by atoms with Crippen LogP contribution in [0.15, 0.2) is 45.5 Å². The lowest BCUT2D eigenvalue weighted by atomic mass is 10.2. The lowest BCUT2D eigenvalue weighted by Gasteiger charge is -2.09. The minimum absolute atomic E-state index is 0.0488. The van der Waals surface area contributed by atoms with Gasteiger partial charge < -0.3 is 14.5 Å². The van der Waals surface area contributed by atoms with Crippen LogP contribution in [0, 0.1) is 10.1 Å². The first-order valence-corrected chi connectivity index (χ1v) is 9.96. The Bertz CT molecular complexity index is 1020.